The number of nitrogens with two attached hydrogens (primary N) is 1. The van der Waals surface area contributed by atoms with E-state index in [4.69, 9.17) is 18.0 Å². The van der Waals surface area contributed by atoms with Crippen molar-refractivity contribution in [2.24, 2.45) is 5.73 Å². The molecule has 2 N–H and O–H groups in total. The lowest BCUT2D eigenvalue weighted by Crippen LogP contribution is -2.43. The standard InChI is InChI=1S/C14H20N2O2S2/c1-2-12-7-3-4-9-16(12)20(17,18)13-8-5-6-11(10-13)14(15)19/h5-6,8,10,12H,2-4,7,9H2,1H3,(H2,15,19). The van der Waals surface area contributed by atoms with Crippen molar-refractivity contribution < 1.29 is 8.42 Å². The lowest BCUT2D eigenvalue weighted by molar-refractivity contribution is 0.246. The van der Waals surface area contributed by atoms with Crippen molar-refractivity contribution in [1.82, 2.24) is 4.31 Å². The largest absolute Gasteiger partial charge is 0.389 e. The van der Waals surface area contributed by atoms with Gasteiger partial charge in [-0.25, -0.2) is 8.42 Å². The van der Waals surface area contributed by atoms with Crippen molar-refractivity contribution in [1.29, 1.82) is 0 Å². The molecule has 110 valence electrons. The van der Waals surface area contributed by atoms with E-state index >= 15 is 0 Å². The highest BCUT2D eigenvalue weighted by atomic mass is 32.2. The van der Waals surface area contributed by atoms with Gasteiger partial charge in [0.25, 0.3) is 0 Å². The van der Waals surface area contributed by atoms with E-state index < -0.39 is 10.0 Å². The summed E-state index contributed by atoms with van der Waals surface area (Å²) in [6, 6.07) is 6.70. The molecule has 1 unspecified atom stereocenters. The quantitative estimate of drug-likeness (QED) is 0.866. The molecule has 0 bridgehead atoms. The number of sulfonamides is 1. The first-order chi connectivity index (χ1) is 9.46. The Balaban J connectivity index is 2.38. The van der Waals surface area contributed by atoms with Gasteiger partial charge < -0.3 is 5.73 Å². The number of hydrogen-bond donors (Lipinski definition) is 1. The van der Waals surface area contributed by atoms with Crippen molar-refractivity contribution in [3.05, 3.63) is 29.8 Å². The molecule has 0 amide bonds. The summed E-state index contributed by atoms with van der Waals surface area (Å²) >= 11 is 4.92. The van der Waals surface area contributed by atoms with Gasteiger partial charge in [0, 0.05) is 18.2 Å². The zero-order valence-corrected chi connectivity index (χ0v) is 13.2. The van der Waals surface area contributed by atoms with Gasteiger partial charge in [-0.15, -0.1) is 0 Å². The summed E-state index contributed by atoms with van der Waals surface area (Å²) in [6.07, 6.45) is 3.79. The monoisotopic (exact) mass is 312 g/mol. The van der Waals surface area contributed by atoms with Crippen LogP contribution in [0.15, 0.2) is 29.2 Å². The van der Waals surface area contributed by atoms with Gasteiger partial charge in [-0.1, -0.05) is 37.7 Å². The van der Waals surface area contributed by atoms with Crippen LogP contribution in [0.1, 0.15) is 38.2 Å². The van der Waals surface area contributed by atoms with Crippen LogP contribution in [0.25, 0.3) is 0 Å². The Morgan fingerprint density at radius 3 is 2.85 bits per heavy atom. The SMILES string of the molecule is CCC1CCCCN1S(=O)(=O)c1cccc(C(N)=S)c1. The summed E-state index contributed by atoms with van der Waals surface area (Å²) in [6.45, 7) is 2.63. The predicted molar refractivity (Wildman–Crippen MR) is 84.2 cm³/mol. The van der Waals surface area contributed by atoms with E-state index in [2.05, 4.69) is 0 Å². The Morgan fingerprint density at radius 1 is 1.45 bits per heavy atom. The second kappa shape index (κ2) is 6.20. The maximum Gasteiger partial charge on any atom is 0.243 e. The summed E-state index contributed by atoms with van der Waals surface area (Å²) in [5.74, 6) is 0. The molecule has 1 aliphatic rings. The third-order valence-corrected chi connectivity index (χ3v) is 5.95. The fraction of sp³-hybridized carbons (Fsp3) is 0.500. The summed E-state index contributed by atoms with van der Waals surface area (Å²) in [5.41, 5.74) is 6.17. The first-order valence-electron chi connectivity index (χ1n) is 6.88. The summed E-state index contributed by atoms with van der Waals surface area (Å²) < 4.78 is 27.2. The van der Waals surface area contributed by atoms with E-state index in [0.717, 1.165) is 25.7 Å². The van der Waals surface area contributed by atoms with Gasteiger partial charge in [0.1, 0.15) is 4.99 Å². The molecule has 1 heterocycles. The van der Waals surface area contributed by atoms with Gasteiger partial charge in [0.05, 0.1) is 4.90 Å². The third-order valence-electron chi connectivity index (χ3n) is 3.77. The van der Waals surface area contributed by atoms with Crippen LogP contribution in [0.3, 0.4) is 0 Å². The van der Waals surface area contributed by atoms with Gasteiger partial charge in [-0.3, -0.25) is 0 Å². The molecule has 1 aromatic carbocycles. The van der Waals surface area contributed by atoms with E-state index in [0.29, 0.717) is 12.1 Å². The van der Waals surface area contributed by atoms with Crippen LogP contribution < -0.4 is 5.73 Å². The lowest BCUT2D eigenvalue weighted by Gasteiger charge is -2.34. The molecule has 2 rings (SSSR count). The summed E-state index contributed by atoms with van der Waals surface area (Å²) in [4.78, 5) is 0.496. The molecule has 1 saturated heterocycles. The molecule has 1 aromatic rings. The number of thiocarbonyl (C=S) groups is 1. The molecule has 0 aliphatic carbocycles. The molecular formula is C14H20N2O2S2. The normalized spacial score (nSPS) is 20.8. The second-order valence-corrected chi connectivity index (χ2v) is 7.40. The Bertz CT molecular complexity index is 599. The maximum atomic E-state index is 12.8. The van der Waals surface area contributed by atoms with Gasteiger partial charge in [-0.2, -0.15) is 4.31 Å². The molecule has 4 nitrogen and oxygen atoms in total. The first-order valence-corrected chi connectivity index (χ1v) is 8.73. The molecule has 0 radical (unpaired) electrons. The molecule has 20 heavy (non-hydrogen) atoms. The van der Waals surface area contributed by atoms with Gasteiger partial charge in [0.2, 0.25) is 10.0 Å². The minimum absolute atomic E-state index is 0.0993. The van der Waals surface area contributed by atoms with Crippen LogP contribution >= 0.6 is 12.2 Å². The molecule has 0 spiro atoms. The van der Waals surface area contributed by atoms with Gasteiger partial charge in [-0.05, 0) is 31.4 Å². The minimum Gasteiger partial charge on any atom is -0.389 e. The number of benzene rings is 1. The zero-order chi connectivity index (χ0) is 14.8. The van der Waals surface area contributed by atoms with E-state index in [1.165, 1.54) is 0 Å². The number of nitrogens with zero attached hydrogens (tertiary/aromatic N) is 1. The van der Waals surface area contributed by atoms with Crippen LogP contribution in [-0.2, 0) is 10.0 Å². The highest BCUT2D eigenvalue weighted by molar-refractivity contribution is 7.89. The second-order valence-electron chi connectivity index (χ2n) is 5.07. The molecule has 1 aliphatic heterocycles. The third kappa shape index (κ3) is 3.02. The Kier molecular flexibility index (Phi) is 4.78. The van der Waals surface area contributed by atoms with Crippen LogP contribution in [0.5, 0.6) is 0 Å². The molecule has 1 fully saturated rings. The van der Waals surface area contributed by atoms with Crippen molar-refractivity contribution in [2.75, 3.05) is 6.54 Å². The van der Waals surface area contributed by atoms with Crippen molar-refractivity contribution in [2.45, 2.75) is 43.5 Å². The number of piperidine rings is 1. The smallest absolute Gasteiger partial charge is 0.243 e. The minimum atomic E-state index is -3.46. The topological polar surface area (TPSA) is 63.4 Å². The average Bonchev–Trinajstić information content (AvgIpc) is 2.47. The first kappa shape index (κ1) is 15.4. The molecule has 0 aromatic heterocycles. The van der Waals surface area contributed by atoms with Crippen LogP contribution in [0.4, 0.5) is 0 Å². The Labute approximate surface area is 126 Å². The van der Waals surface area contributed by atoms with Gasteiger partial charge >= 0.3 is 0 Å². The van der Waals surface area contributed by atoms with Crippen LogP contribution in [-0.4, -0.2) is 30.3 Å². The van der Waals surface area contributed by atoms with Crippen molar-refractivity contribution in [3.8, 4) is 0 Å². The summed E-state index contributed by atoms with van der Waals surface area (Å²) in [5, 5.41) is 0. The van der Waals surface area contributed by atoms with E-state index in [1.54, 1.807) is 28.6 Å². The van der Waals surface area contributed by atoms with E-state index in [-0.39, 0.29) is 15.9 Å². The number of rotatable bonds is 4. The zero-order valence-electron chi connectivity index (χ0n) is 11.6. The predicted octanol–water partition coefficient (Wildman–Crippen LogP) is 2.27. The lowest BCUT2D eigenvalue weighted by atomic mass is 10.0. The average molecular weight is 312 g/mol. The Hall–Kier alpha value is -0.980. The maximum absolute atomic E-state index is 12.8. The van der Waals surface area contributed by atoms with Gasteiger partial charge in [0.15, 0.2) is 0 Å². The molecular weight excluding hydrogens is 292 g/mol. The van der Waals surface area contributed by atoms with E-state index in [9.17, 15) is 8.42 Å². The Morgan fingerprint density at radius 2 is 2.20 bits per heavy atom. The highest BCUT2D eigenvalue weighted by Crippen LogP contribution is 2.27. The van der Waals surface area contributed by atoms with Crippen LogP contribution in [0.2, 0.25) is 0 Å². The highest BCUT2D eigenvalue weighted by Gasteiger charge is 2.32. The number of hydrogen-bond acceptors (Lipinski definition) is 3. The molecule has 6 heteroatoms. The fourth-order valence-electron chi connectivity index (χ4n) is 2.64. The summed E-state index contributed by atoms with van der Waals surface area (Å²) in [7, 11) is -3.46. The van der Waals surface area contributed by atoms with Crippen LogP contribution in [0, 0.1) is 0 Å². The fourth-order valence-corrected chi connectivity index (χ4v) is 4.58. The molecule has 0 saturated carbocycles. The van der Waals surface area contributed by atoms with Crippen molar-refractivity contribution in [3.63, 3.8) is 0 Å². The van der Waals surface area contributed by atoms with Crippen molar-refractivity contribution >= 4 is 27.2 Å². The van der Waals surface area contributed by atoms with E-state index in [1.807, 2.05) is 6.92 Å². The molecule has 1 atom stereocenters.